The molecule has 0 aromatic carbocycles. The highest BCUT2D eigenvalue weighted by Gasteiger charge is 2.10. The van der Waals surface area contributed by atoms with E-state index in [1.165, 1.54) is 12.5 Å². The molecule has 0 bridgehead atoms. The number of hydrogen-bond donors (Lipinski definition) is 1. The molecule has 0 spiro atoms. The summed E-state index contributed by atoms with van der Waals surface area (Å²) in [6.45, 7) is 5.53. The Morgan fingerprint density at radius 2 is 2.12 bits per heavy atom. The SMILES string of the molecule is CC(=O)Nc1ccsc1-c1cc(C)cc(C)n1. The van der Waals surface area contributed by atoms with Crippen LogP contribution in [0, 0.1) is 13.8 Å². The first-order chi connectivity index (χ1) is 8.06. The van der Waals surface area contributed by atoms with Crippen molar-refractivity contribution in [2.24, 2.45) is 0 Å². The van der Waals surface area contributed by atoms with Crippen molar-refractivity contribution >= 4 is 22.9 Å². The first kappa shape index (κ1) is 11.8. The second kappa shape index (κ2) is 4.67. The Hall–Kier alpha value is -1.68. The molecule has 0 aliphatic rings. The Balaban J connectivity index is 2.45. The fourth-order valence-electron chi connectivity index (χ4n) is 1.75. The number of pyridine rings is 1. The summed E-state index contributed by atoms with van der Waals surface area (Å²) in [6, 6.07) is 5.97. The summed E-state index contributed by atoms with van der Waals surface area (Å²) >= 11 is 1.58. The molecular weight excluding hydrogens is 232 g/mol. The highest BCUT2D eigenvalue weighted by Crippen LogP contribution is 2.32. The Morgan fingerprint density at radius 3 is 2.76 bits per heavy atom. The number of rotatable bonds is 2. The Labute approximate surface area is 105 Å². The first-order valence-electron chi connectivity index (χ1n) is 5.37. The average molecular weight is 246 g/mol. The topological polar surface area (TPSA) is 42.0 Å². The molecule has 1 N–H and O–H groups in total. The van der Waals surface area contributed by atoms with Gasteiger partial charge in [-0.1, -0.05) is 0 Å². The second-order valence-electron chi connectivity index (χ2n) is 4.02. The van der Waals surface area contributed by atoms with Gasteiger partial charge in [0.1, 0.15) is 0 Å². The lowest BCUT2D eigenvalue weighted by Crippen LogP contribution is -2.05. The molecule has 2 aromatic heterocycles. The minimum atomic E-state index is -0.0611. The predicted octanol–water partition coefficient (Wildman–Crippen LogP) is 3.39. The number of carbonyl (C=O) groups is 1. The van der Waals surface area contributed by atoms with Crippen molar-refractivity contribution in [3.8, 4) is 10.6 Å². The summed E-state index contributed by atoms with van der Waals surface area (Å²) in [7, 11) is 0. The van der Waals surface area contributed by atoms with Crippen LogP contribution in [0.1, 0.15) is 18.2 Å². The summed E-state index contributed by atoms with van der Waals surface area (Å²) in [5.74, 6) is -0.0611. The van der Waals surface area contributed by atoms with E-state index in [0.717, 1.165) is 22.0 Å². The maximum absolute atomic E-state index is 11.1. The van der Waals surface area contributed by atoms with E-state index in [-0.39, 0.29) is 5.91 Å². The lowest BCUT2D eigenvalue weighted by molar-refractivity contribution is -0.114. The predicted molar refractivity (Wildman–Crippen MR) is 71.3 cm³/mol. The van der Waals surface area contributed by atoms with E-state index in [2.05, 4.69) is 10.3 Å². The van der Waals surface area contributed by atoms with Gasteiger partial charge in [-0.3, -0.25) is 9.78 Å². The van der Waals surface area contributed by atoms with E-state index < -0.39 is 0 Å². The standard InChI is InChI=1S/C13H14N2OS/c1-8-6-9(2)14-12(7-8)13-11(4-5-17-13)15-10(3)16/h4-7H,1-3H3,(H,15,16). The van der Waals surface area contributed by atoms with Gasteiger partial charge in [-0.15, -0.1) is 11.3 Å². The van der Waals surface area contributed by atoms with Gasteiger partial charge in [0.05, 0.1) is 16.3 Å². The summed E-state index contributed by atoms with van der Waals surface area (Å²) in [4.78, 5) is 16.6. The number of aromatic nitrogens is 1. The van der Waals surface area contributed by atoms with E-state index in [1.807, 2.05) is 37.4 Å². The van der Waals surface area contributed by atoms with E-state index in [4.69, 9.17) is 0 Å². The number of amides is 1. The largest absolute Gasteiger partial charge is 0.325 e. The van der Waals surface area contributed by atoms with Crippen LogP contribution in [0.25, 0.3) is 10.6 Å². The average Bonchev–Trinajstić information content (AvgIpc) is 2.63. The van der Waals surface area contributed by atoms with Crippen molar-refractivity contribution in [2.75, 3.05) is 5.32 Å². The number of aryl methyl sites for hydroxylation is 2. The summed E-state index contributed by atoms with van der Waals surface area (Å²) in [5.41, 5.74) is 3.91. The molecule has 88 valence electrons. The van der Waals surface area contributed by atoms with Gasteiger partial charge in [0, 0.05) is 12.6 Å². The highest BCUT2D eigenvalue weighted by molar-refractivity contribution is 7.14. The van der Waals surface area contributed by atoms with E-state index in [0.29, 0.717) is 0 Å². The van der Waals surface area contributed by atoms with E-state index in [9.17, 15) is 4.79 Å². The van der Waals surface area contributed by atoms with Gasteiger partial charge in [0.2, 0.25) is 5.91 Å². The molecule has 2 heterocycles. The van der Waals surface area contributed by atoms with Crippen molar-refractivity contribution < 1.29 is 4.79 Å². The molecular formula is C13H14N2OS. The fourth-order valence-corrected chi connectivity index (χ4v) is 2.56. The van der Waals surface area contributed by atoms with Crippen LogP contribution < -0.4 is 5.32 Å². The zero-order chi connectivity index (χ0) is 12.4. The quantitative estimate of drug-likeness (QED) is 0.882. The number of carbonyl (C=O) groups excluding carboxylic acids is 1. The molecule has 1 amide bonds. The Bertz CT molecular complexity index is 540. The molecule has 0 saturated heterocycles. The minimum absolute atomic E-state index is 0.0611. The Kier molecular flexibility index (Phi) is 3.24. The molecule has 0 aliphatic heterocycles. The van der Waals surface area contributed by atoms with Crippen LogP contribution >= 0.6 is 11.3 Å². The molecule has 4 heteroatoms. The van der Waals surface area contributed by atoms with Crippen LogP contribution in [-0.4, -0.2) is 10.9 Å². The normalized spacial score (nSPS) is 10.3. The van der Waals surface area contributed by atoms with Crippen LogP contribution in [0.5, 0.6) is 0 Å². The zero-order valence-electron chi connectivity index (χ0n) is 10.1. The van der Waals surface area contributed by atoms with Crippen LogP contribution in [0.3, 0.4) is 0 Å². The third-order valence-corrected chi connectivity index (χ3v) is 3.24. The van der Waals surface area contributed by atoms with Crippen molar-refractivity contribution in [1.82, 2.24) is 4.98 Å². The third-order valence-electron chi connectivity index (χ3n) is 2.31. The Morgan fingerprint density at radius 1 is 1.35 bits per heavy atom. The lowest BCUT2D eigenvalue weighted by Gasteiger charge is -2.06. The molecule has 0 radical (unpaired) electrons. The molecule has 0 unspecified atom stereocenters. The third kappa shape index (κ3) is 2.71. The zero-order valence-corrected chi connectivity index (χ0v) is 10.9. The lowest BCUT2D eigenvalue weighted by atomic mass is 10.2. The smallest absolute Gasteiger partial charge is 0.221 e. The highest BCUT2D eigenvalue weighted by atomic mass is 32.1. The first-order valence-corrected chi connectivity index (χ1v) is 6.25. The monoisotopic (exact) mass is 246 g/mol. The van der Waals surface area contributed by atoms with Gasteiger partial charge < -0.3 is 5.32 Å². The summed E-state index contributed by atoms with van der Waals surface area (Å²) in [6.07, 6.45) is 0. The van der Waals surface area contributed by atoms with Gasteiger partial charge >= 0.3 is 0 Å². The number of hydrogen-bond acceptors (Lipinski definition) is 3. The van der Waals surface area contributed by atoms with Crippen molar-refractivity contribution in [1.29, 1.82) is 0 Å². The molecule has 3 nitrogen and oxygen atoms in total. The van der Waals surface area contributed by atoms with Gasteiger partial charge in [-0.2, -0.15) is 0 Å². The number of anilines is 1. The molecule has 0 fully saturated rings. The number of nitrogens with zero attached hydrogens (tertiary/aromatic N) is 1. The molecule has 0 aliphatic carbocycles. The molecule has 0 atom stereocenters. The number of thiophene rings is 1. The maximum Gasteiger partial charge on any atom is 0.221 e. The van der Waals surface area contributed by atoms with Gasteiger partial charge in [-0.25, -0.2) is 0 Å². The maximum atomic E-state index is 11.1. The molecule has 0 saturated carbocycles. The minimum Gasteiger partial charge on any atom is -0.325 e. The number of nitrogens with one attached hydrogen (secondary N) is 1. The van der Waals surface area contributed by atoms with E-state index >= 15 is 0 Å². The summed E-state index contributed by atoms with van der Waals surface area (Å²) < 4.78 is 0. The van der Waals surface area contributed by atoms with Crippen LogP contribution in [-0.2, 0) is 4.79 Å². The van der Waals surface area contributed by atoms with Crippen molar-refractivity contribution in [3.63, 3.8) is 0 Å². The fraction of sp³-hybridized carbons (Fsp3) is 0.231. The van der Waals surface area contributed by atoms with Crippen LogP contribution in [0.2, 0.25) is 0 Å². The molecule has 2 aromatic rings. The van der Waals surface area contributed by atoms with Crippen LogP contribution in [0.15, 0.2) is 23.6 Å². The molecule has 2 rings (SSSR count). The van der Waals surface area contributed by atoms with Crippen molar-refractivity contribution in [2.45, 2.75) is 20.8 Å². The van der Waals surface area contributed by atoms with Gasteiger partial charge in [0.15, 0.2) is 0 Å². The van der Waals surface area contributed by atoms with Gasteiger partial charge in [0.25, 0.3) is 0 Å². The van der Waals surface area contributed by atoms with Crippen LogP contribution in [0.4, 0.5) is 5.69 Å². The summed E-state index contributed by atoms with van der Waals surface area (Å²) in [5, 5.41) is 4.78. The van der Waals surface area contributed by atoms with E-state index in [1.54, 1.807) is 11.3 Å². The van der Waals surface area contributed by atoms with Crippen molar-refractivity contribution in [3.05, 3.63) is 34.8 Å². The second-order valence-corrected chi connectivity index (χ2v) is 4.93. The molecule has 17 heavy (non-hydrogen) atoms. The van der Waals surface area contributed by atoms with Gasteiger partial charge in [-0.05, 0) is 43.0 Å².